The number of nitrogens with one attached hydrogen (secondary N) is 1. The molecule has 1 aliphatic heterocycles. The van der Waals surface area contributed by atoms with E-state index in [4.69, 9.17) is 0 Å². The van der Waals surface area contributed by atoms with Crippen LogP contribution < -0.4 is 5.32 Å². The average molecular weight is 442 g/mol. The van der Waals surface area contributed by atoms with Gasteiger partial charge in [-0.2, -0.15) is 4.31 Å². The molecule has 2 aromatic heterocycles. The molecule has 7 nitrogen and oxygen atoms in total. The summed E-state index contributed by atoms with van der Waals surface area (Å²) < 4.78 is 41.2. The van der Waals surface area contributed by atoms with Crippen LogP contribution in [0.15, 0.2) is 48.5 Å². The normalized spacial score (nSPS) is 17.1. The summed E-state index contributed by atoms with van der Waals surface area (Å²) in [5.41, 5.74) is 2.78. The molecule has 0 radical (unpaired) electrons. The molecular formula is C22H24FN5O2S. The fraction of sp³-hybridized carbons (Fsp3) is 0.318. The van der Waals surface area contributed by atoms with Gasteiger partial charge in [-0.25, -0.2) is 27.8 Å². The Morgan fingerprint density at radius 1 is 1.06 bits per heavy atom. The van der Waals surface area contributed by atoms with Gasteiger partial charge in [0.2, 0.25) is 16.0 Å². The number of halogens is 1. The number of hydrogen-bond acceptors (Lipinski definition) is 6. The lowest BCUT2D eigenvalue weighted by Gasteiger charge is -2.24. The van der Waals surface area contributed by atoms with Crippen molar-refractivity contribution < 1.29 is 12.8 Å². The highest BCUT2D eigenvalue weighted by atomic mass is 32.2. The van der Waals surface area contributed by atoms with Crippen LogP contribution in [0.1, 0.15) is 41.5 Å². The van der Waals surface area contributed by atoms with Gasteiger partial charge in [-0.15, -0.1) is 0 Å². The van der Waals surface area contributed by atoms with Crippen LogP contribution in [0.2, 0.25) is 0 Å². The van der Waals surface area contributed by atoms with E-state index in [1.807, 2.05) is 32.0 Å². The minimum absolute atomic E-state index is 0.240. The third kappa shape index (κ3) is 5.05. The van der Waals surface area contributed by atoms with Gasteiger partial charge >= 0.3 is 0 Å². The second kappa shape index (κ2) is 8.68. The number of sulfonamides is 1. The average Bonchev–Trinajstić information content (AvgIpc) is 3.18. The molecule has 3 heterocycles. The van der Waals surface area contributed by atoms with Crippen molar-refractivity contribution in [1.29, 1.82) is 0 Å². The number of aromatic nitrogens is 3. The van der Waals surface area contributed by atoms with Crippen LogP contribution in [0.3, 0.4) is 0 Å². The minimum atomic E-state index is -3.63. The molecule has 1 aromatic carbocycles. The molecule has 0 aliphatic carbocycles. The first-order chi connectivity index (χ1) is 14.8. The molecule has 1 atom stereocenters. The maximum absolute atomic E-state index is 13.5. The topological polar surface area (TPSA) is 88.1 Å². The quantitative estimate of drug-likeness (QED) is 0.621. The predicted molar refractivity (Wildman–Crippen MR) is 117 cm³/mol. The summed E-state index contributed by atoms with van der Waals surface area (Å²) in [7, 11) is -3.63. The molecule has 31 heavy (non-hydrogen) atoms. The zero-order valence-electron chi connectivity index (χ0n) is 17.4. The Morgan fingerprint density at radius 3 is 2.55 bits per heavy atom. The Hall–Kier alpha value is -2.91. The standard InChI is InChI=1S/C22H24FN5O2S/c1-15-12-16(2)25-22(24-15)27-21-10-4-8-19(26-21)20-9-5-11-28(20)31(29,30)14-17-6-3-7-18(23)13-17/h3-4,6-8,10,12-13,20H,5,9,11,14H2,1-2H3,(H,24,25,26,27). The molecule has 1 unspecified atom stereocenters. The van der Waals surface area contributed by atoms with Crippen LogP contribution in [0.5, 0.6) is 0 Å². The molecule has 0 saturated carbocycles. The zero-order chi connectivity index (χ0) is 22.0. The summed E-state index contributed by atoms with van der Waals surface area (Å²) in [5, 5.41) is 3.11. The number of benzene rings is 1. The van der Waals surface area contributed by atoms with Gasteiger partial charge < -0.3 is 5.32 Å². The lowest BCUT2D eigenvalue weighted by atomic mass is 10.1. The van der Waals surface area contributed by atoms with Crippen LogP contribution in [0.25, 0.3) is 0 Å². The first-order valence-corrected chi connectivity index (χ1v) is 11.7. The van der Waals surface area contributed by atoms with E-state index in [0.29, 0.717) is 36.0 Å². The van der Waals surface area contributed by atoms with E-state index in [1.165, 1.54) is 22.5 Å². The lowest BCUT2D eigenvalue weighted by molar-refractivity contribution is 0.390. The Kier molecular flexibility index (Phi) is 5.97. The summed E-state index contributed by atoms with van der Waals surface area (Å²) >= 11 is 0. The smallest absolute Gasteiger partial charge is 0.228 e. The van der Waals surface area contributed by atoms with Gasteiger partial charge in [-0.3, -0.25) is 0 Å². The maximum Gasteiger partial charge on any atom is 0.228 e. The number of nitrogens with zero attached hydrogens (tertiary/aromatic N) is 4. The molecule has 0 bridgehead atoms. The van der Waals surface area contributed by atoms with Crippen LogP contribution in [0.4, 0.5) is 16.2 Å². The molecule has 1 N–H and O–H groups in total. The number of pyridine rings is 1. The van der Waals surface area contributed by atoms with Crippen molar-refractivity contribution in [2.45, 2.75) is 38.5 Å². The van der Waals surface area contributed by atoms with Gasteiger partial charge in [0.25, 0.3) is 0 Å². The van der Waals surface area contributed by atoms with Crippen LogP contribution >= 0.6 is 0 Å². The number of anilines is 2. The van der Waals surface area contributed by atoms with E-state index in [1.54, 1.807) is 12.1 Å². The van der Waals surface area contributed by atoms with Crippen molar-refractivity contribution in [2.24, 2.45) is 0 Å². The van der Waals surface area contributed by atoms with Gasteiger partial charge in [0.05, 0.1) is 17.5 Å². The van der Waals surface area contributed by atoms with Crippen molar-refractivity contribution in [3.63, 3.8) is 0 Å². The van der Waals surface area contributed by atoms with Gasteiger partial charge in [-0.1, -0.05) is 18.2 Å². The van der Waals surface area contributed by atoms with E-state index in [-0.39, 0.29) is 11.8 Å². The van der Waals surface area contributed by atoms with Gasteiger partial charge in [0.1, 0.15) is 11.6 Å². The van der Waals surface area contributed by atoms with E-state index in [2.05, 4.69) is 20.3 Å². The number of aryl methyl sites for hydroxylation is 2. The second-order valence-electron chi connectivity index (χ2n) is 7.70. The predicted octanol–water partition coefficient (Wildman–Crippen LogP) is 4.04. The molecule has 1 saturated heterocycles. The Balaban J connectivity index is 1.56. The molecule has 0 spiro atoms. The molecule has 3 aromatic rings. The highest BCUT2D eigenvalue weighted by molar-refractivity contribution is 7.88. The van der Waals surface area contributed by atoms with Crippen molar-refractivity contribution in [2.75, 3.05) is 11.9 Å². The van der Waals surface area contributed by atoms with E-state index in [0.717, 1.165) is 17.8 Å². The lowest BCUT2D eigenvalue weighted by Crippen LogP contribution is -2.32. The van der Waals surface area contributed by atoms with Gasteiger partial charge in [0, 0.05) is 17.9 Å². The Labute approximate surface area is 181 Å². The Bertz CT molecular complexity index is 1180. The molecule has 162 valence electrons. The molecule has 0 amide bonds. The van der Waals surface area contributed by atoms with Gasteiger partial charge in [-0.05, 0) is 62.6 Å². The fourth-order valence-corrected chi connectivity index (χ4v) is 5.67. The zero-order valence-corrected chi connectivity index (χ0v) is 18.2. The number of rotatable bonds is 6. The summed E-state index contributed by atoms with van der Waals surface area (Å²) in [6.45, 7) is 4.20. The van der Waals surface area contributed by atoms with Crippen molar-refractivity contribution in [3.8, 4) is 0 Å². The van der Waals surface area contributed by atoms with E-state index in [9.17, 15) is 12.8 Å². The highest BCUT2D eigenvalue weighted by Crippen LogP contribution is 2.35. The molecule has 9 heteroatoms. The Morgan fingerprint density at radius 2 is 1.81 bits per heavy atom. The molecule has 4 rings (SSSR count). The SMILES string of the molecule is Cc1cc(C)nc(Nc2cccc(C3CCCN3S(=O)(=O)Cc3cccc(F)c3)n2)n1. The summed E-state index contributed by atoms with van der Waals surface area (Å²) in [6, 6.07) is 12.7. The summed E-state index contributed by atoms with van der Waals surface area (Å²) in [5.74, 6) is 0.316. The summed E-state index contributed by atoms with van der Waals surface area (Å²) in [4.78, 5) is 13.4. The molecule has 1 fully saturated rings. The molecule has 1 aliphatic rings. The fourth-order valence-electron chi connectivity index (χ4n) is 3.89. The maximum atomic E-state index is 13.5. The monoisotopic (exact) mass is 441 g/mol. The van der Waals surface area contributed by atoms with Crippen molar-refractivity contribution in [3.05, 3.63) is 77.0 Å². The third-order valence-electron chi connectivity index (χ3n) is 5.13. The second-order valence-corrected chi connectivity index (χ2v) is 9.62. The van der Waals surface area contributed by atoms with Crippen LogP contribution in [0, 0.1) is 19.7 Å². The molecular weight excluding hydrogens is 417 g/mol. The van der Waals surface area contributed by atoms with Crippen LogP contribution in [-0.2, 0) is 15.8 Å². The van der Waals surface area contributed by atoms with E-state index < -0.39 is 15.8 Å². The van der Waals surface area contributed by atoms with E-state index >= 15 is 0 Å². The van der Waals surface area contributed by atoms with Crippen molar-refractivity contribution >= 4 is 21.8 Å². The largest absolute Gasteiger partial charge is 0.309 e. The summed E-state index contributed by atoms with van der Waals surface area (Å²) in [6.07, 6.45) is 1.42. The first kappa shape index (κ1) is 21.3. The third-order valence-corrected chi connectivity index (χ3v) is 6.98. The number of hydrogen-bond donors (Lipinski definition) is 1. The van der Waals surface area contributed by atoms with Crippen molar-refractivity contribution in [1.82, 2.24) is 19.3 Å². The van der Waals surface area contributed by atoms with Crippen LogP contribution in [-0.4, -0.2) is 34.2 Å². The first-order valence-electron chi connectivity index (χ1n) is 10.1. The highest BCUT2D eigenvalue weighted by Gasteiger charge is 2.36. The van der Waals surface area contributed by atoms with Gasteiger partial charge in [0.15, 0.2) is 0 Å². The minimum Gasteiger partial charge on any atom is -0.309 e.